The van der Waals surface area contributed by atoms with Crippen molar-refractivity contribution >= 4 is 0 Å². The highest BCUT2D eigenvalue weighted by molar-refractivity contribution is 5.15. The molecule has 1 aromatic rings. The molecule has 1 fully saturated rings. The summed E-state index contributed by atoms with van der Waals surface area (Å²) < 4.78 is 5.67. The molecule has 1 atom stereocenters. The Balaban J connectivity index is 2.33. The third-order valence-electron chi connectivity index (χ3n) is 4.52. The van der Waals surface area contributed by atoms with Crippen molar-refractivity contribution in [1.29, 1.82) is 0 Å². The number of hydrogen-bond acceptors (Lipinski definition) is 3. The quantitative estimate of drug-likeness (QED) is 0.840. The van der Waals surface area contributed by atoms with Crippen molar-refractivity contribution in [2.24, 2.45) is 0 Å². The fraction of sp³-hybridized carbons (Fsp3) is 0.733. The minimum absolute atomic E-state index is 0.232. The number of likely N-dealkylation sites (N-methyl/N-ethyl adjacent to an activating group) is 2. The summed E-state index contributed by atoms with van der Waals surface area (Å²) >= 11 is 0. The van der Waals surface area contributed by atoms with E-state index in [4.69, 9.17) is 4.42 Å². The van der Waals surface area contributed by atoms with Crippen molar-refractivity contribution in [1.82, 2.24) is 10.2 Å². The summed E-state index contributed by atoms with van der Waals surface area (Å²) in [5, 5.41) is 3.50. The monoisotopic (exact) mass is 250 g/mol. The van der Waals surface area contributed by atoms with E-state index in [1.54, 1.807) is 6.26 Å². The molecule has 1 unspecified atom stereocenters. The molecule has 0 radical (unpaired) electrons. The van der Waals surface area contributed by atoms with E-state index in [9.17, 15) is 0 Å². The van der Waals surface area contributed by atoms with Gasteiger partial charge in [-0.05, 0) is 45.1 Å². The lowest BCUT2D eigenvalue weighted by Crippen LogP contribution is -2.54. The van der Waals surface area contributed by atoms with Gasteiger partial charge in [0, 0.05) is 5.54 Å². The van der Waals surface area contributed by atoms with Gasteiger partial charge in [0.15, 0.2) is 0 Å². The molecule has 0 aromatic carbocycles. The van der Waals surface area contributed by atoms with Crippen LogP contribution < -0.4 is 5.32 Å². The highest BCUT2D eigenvalue weighted by Crippen LogP contribution is 2.44. The normalized spacial score (nSPS) is 20.4. The average molecular weight is 250 g/mol. The van der Waals surface area contributed by atoms with E-state index in [1.165, 1.54) is 25.7 Å². The first-order valence-corrected chi connectivity index (χ1v) is 7.24. The van der Waals surface area contributed by atoms with Gasteiger partial charge >= 0.3 is 0 Å². The lowest BCUT2D eigenvalue weighted by Gasteiger charge is -2.45. The zero-order valence-corrected chi connectivity index (χ0v) is 11.9. The van der Waals surface area contributed by atoms with Crippen molar-refractivity contribution in [2.75, 3.05) is 20.1 Å². The zero-order valence-electron chi connectivity index (χ0n) is 11.9. The Morgan fingerprint density at radius 1 is 1.33 bits per heavy atom. The maximum atomic E-state index is 5.67. The first-order chi connectivity index (χ1) is 8.78. The van der Waals surface area contributed by atoms with Gasteiger partial charge in [0.05, 0.1) is 12.3 Å². The highest BCUT2D eigenvalue weighted by Gasteiger charge is 2.46. The van der Waals surface area contributed by atoms with Crippen LogP contribution >= 0.6 is 0 Å². The van der Waals surface area contributed by atoms with Crippen molar-refractivity contribution in [3.8, 4) is 0 Å². The van der Waals surface area contributed by atoms with E-state index in [2.05, 4.69) is 37.2 Å². The molecule has 2 rings (SSSR count). The molecule has 1 aliphatic carbocycles. The number of nitrogens with zero attached hydrogens (tertiary/aromatic N) is 1. The van der Waals surface area contributed by atoms with Crippen LogP contribution in [0.15, 0.2) is 22.8 Å². The summed E-state index contributed by atoms with van der Waals surface area (Å²) in [4.78, 5) is 2.61. The summed E-state index contributed by atoms with van der Waals surface area (Å²) in [6.45, 7) is 6.74. The average Bonchev–Trinajstić information content (AvgIpc) is 3.04. The van der Waals surface area contributed by atoms with Crippen LogP contribution in [0.25, 0.3) is 0 Å². The molecule has 3 nitrogen and oxygen atoms in total. The van der Waals surface area contributed by atoms with E-state index in [0.717, 1.165) is 18.8 Å². The lowest BCUT2D eigenvalue weighted by molar-refractivity contribution is 0.0573. The first kappa shape index (κ1) is 13.6. The minimum Gasteiger partial charge on any atom is -0.468 e. The summed E-state index contributed by atoms with van der Waals surface area (Å²) in [6, 6.07) is 4.39. The van der Waals surface area contributed by atoms with Crippen molar-refractivity contribution in [2.45, 2.75) is 51.1 Å². The van der Waals surface area contributed by atoms with Crippen LogP contribution in [0.4, 0.5) is 0 Å². The topological polar surface area (TPSA) is 28.4 Å². The van der Waals surface area contributed by atoms with Crippen LogP contribution in [0.3, 0.4) is 0 Å². The van der Waals surface area contributed by atoms with Gasteiger partial charge in [0.2, 0.25) is 0 Å². The van der Waals surface area contributed by atoms with Gasteiger partial charge in [-0.2, -0.15) is 0 Å². The van der Waals surface area contributed by atoms with Gasteiger partial charge in [-0.3, -0.25) is 4.90 Å². The molecule has 0 amide bonds. The van der Waals surface area contributed by atoms with Gasteiger partial charge in [0.25, 0.3) is 0 Å². The Kier molecular flexibility index (Phi) is 4.46. The van der Waals surface area contributed by atoms with E-state index in [-0.39, 0.29) is 5.54 Å². The Labute approximate surface area is 111 Å². The number of furan rings is 1. The number of rotatable bonds is 6. The predicted octanol–water partition coefficient (Wildman–Crippen LogP) is 3.19. The third kappa shape index (κ3) is 2.21. The molecule has 0 spiro atoms. The van der Waals surface area contributed by atoms with Gasteiger partial charge in [-0.1, -0.05) is 26.7 Å². The number of hydrogen-bond donors (Lipinski definition) is 1. The summed E-state index contributed by atoms with van der Waals surface area (Å²) in [7, 11) is 2.05. The molecule has 1 saturated carbocycles. The summed E-state index contributed by atoms with van der Waals surface area (Å²) in [5.41, 5.74) is 0.232. The van der Waals surface area contributed by atoms with Crippen molar-refractivity contribution < 1.29 is 4.42 Å². The lowest BCUT2D eigenvalue weighted by atomic mass is 9.84. The Morgan fingerprint density at radius 3 is 2.44 bits per heavy atom. The van der Waals surface area contributed by atoms with Crippen molar-refractivity contribution in [3.05, 3.63) is 24.2 Å². The molecule has 1 aliphatic rings. The molecule has 102 valence electrons. The molecular weight excluding hydrogens is 224 g/mol. The maximum absolute atomic E-state index is 5.67. The Bertz CT molecular complexity index is 337. The Morgan fingerprint density at radius 2 is 2.00 bits per heavy atom. The van der Waals surface area contributed by atoms with Crippen LogP contribution in [-0.4, -0.2) is 30.6 Å². The molecule has 0 aliphatic heterocycles. The fourth-order valence-electron chi connectivity index (χ4n) is 3.76. The third-order valence-corrected chi connectivity index (χ3v) is 4.52. The van der Waals surface area contributed by atoms with E-state index >= 15 is 0 Å². The van der Waals surface area contributed by atoms with Crippen LogP contribution in [0, 0.1) is 0 Å². The largest absolute Gasteiger partial charge is 0.468 e. The SMILES string of the molecule is CCN(CC)C1(C(NC)c2ccco2)CCCC1. The highest BCUT2D eigenvalue weighted by atomic mass is 16.3. The van der Waals surface area contributed by atoms with Gasteiger partial charge in [-0.25, -0.2) is 0 Å². The van der Waals surface area contributed by atoms with Crippen LogP contribution in [-0.2, 0) is 0 Å². The molecule has 0 saturated heterocycles. The summed E-state index contributed by atoms with van der Waals surface area (Å²) in [5.74, 6) is 1.08. The molecule has 3 heteroatoms. The minimum atomic E-state index is 0.232. The van der Waals surface area contributed by atoms with Crippen LogP contribution in [0.5, 0.6) is 0 Å². The smallest absolute Gasteiger partial charge is 0.122 e. The number of nitrogens with one attached hydrogen (secondary N) is 1. The Hall–Kier alpha value is -0.800. The second kappa shape index (κ2) is 5.89. The second-order valence-corrected chi connectivity index (χ2v) is 5.22. The van der Waals surface area contributed by atoms with E-state index in [1.807, 2.05) is 6.07 Å². The first-order valence-electron chi connectivity index (χ1n) is 7.24. The van der Waals surface area contributed by atoms with Crippen LogP contribution in [0.2, 0.25) is 0 Å². The molecule has 0 bridgehead atoms. The molecule has 1 aromatic heterocycles. The summed E-state index contributed by atoms with van der Waals surface area (Å²) in [6.07, 6.45) is 6.97. The van der Waals surface area contributed by atoms with Crippen LogP contribution in [0.1, 0.15) is 51.3 Å². The molecule has 18 heavy (non-hydrogen) atoms. The van der Waals surface area contributed by atoms with E-state index < -0.39 is 0 Å². The fourth-order valence-corrected chi connectivity index (χ4v) is 3.76. The van der Waals surface area contributed by atoms with E-state index in [0.29, 0.717) is 6.04 Å². The van der Waals surface area contributed by atoms with Gasteiger partial charge in [0.1, 0.15) is 5.76 Å². The molecule has 1 N–H and O–H groups in total. The van der Waals surface area contributed by atoms with Gasteiger partial charge in [-0.15, -0.1) is 0 Å². The molecular formula is C15H26N2O. The standard InChI is InChI=1S/C15H26N2O/c1-4-17(5-2)15(10-6-7-11-15)14(16-3)13-9-8-12-18-13/h8-9,12,14,16H,4-7,10-11H2,1-3H3. The molecule has 1 heterocycles. The predicted molar refractivity (Wildman–Crippen MR) is 74.6 cm³/mol. The van der Waals surface area contributed by atoms with Gasteiger partial charge < -0.3 is 9.73 Å². The second-order valence-electron chi connectivity index (χ2n) is 5.22. The maximum Gasteiger partial charge on any atom is 0.122 e. The van der Waals surface area contributed by atoms with Crippen molar-refractivity contribution in [3.63, 3.8) is 0 Å². The zero-order chi connectivity index (χ0) is 13.0.